The minimum atomic E-state index is -4.55. The molecule has 0 aliphatic rings. The normalized spacial score (nSPS) is 12.7. The fraction of sp³-hybridized carbons (Fsp3) is 0.438. The average molecular weight is 332 g/mol. The van der Waals surface area contributed by atoms with Gasteiger partial charge in [-0.2, -0.15) is 13.2 Å². The number of fused-ring (bicyclic) bond motifs is 1. The summed E-state index contributed by atoms with van der Waals surface area (Å²) in [6.45, 7) is 6.45. The third-order valence-corrected chi connectivity index (χ3v) is 3.46. The highest BCUT2D eigenvalue weighted by atomic mass is 35.5. The molecule has 0 amide bonds. The van der Waals surface area contributed by atoms with Gasteiger partial charge in [0.15, 0.2) is 0 Å². The molecule has 22 heavy (non-hydrogen) atoms. The van der Waals surface area contributed by atoms with Crippen LogP contribution < -0.4 is 4.74 Å². The van der Waals surface area contributed by atoms with Gasteiger partial charge in [0.1, 0.15) is 11.4 Å². The highest BCUT2D eigenvalue weighted by molar-refractivity contribution is 6.35. The van der Waals surface area contributed by atoms with Gasteiger partial charge in [0.25, 0.3) is 0 Å². The van der Waals surface area contributed by atoms with Gasteiger partial charge in [0.2, 0.25) is 0 Å². The van der Waals surface area contributed by atoms with E-state index in [4.69, 9.17) is 16.3 Å². The number of aromatic nitrogens is 1. The quantitative estimate of drug-likeness (QED) is 0.717. The van der Waals surface area contributed by atoms with Crippen molar-refractivity contribution in [1.29, 1.82) is 0 Å². The van der Waals surface area contributed by atoms with E-state index in [0.29, 0.717) is 12.0 Å². The van der Waals surface area contributed by atoms with E-state index < -0.39 is 11.9 Å². The first-order valence-electron chi connectivity index (χ1n) is 6.87. The largest absolute Gasteiger partial charge is 0.493 e. The molecule has 1 heterocycles. The van der Waals surface area contributed by atoms with Gasteiger partial charge in [0, 0.05) is 11.5 Å². The Hall–Kier alpha value is -1.49. The first-order valence-corrected chi connectivity index (χ1v) is 7.25. The monoisotopic (exact) mass is 331 g/mol. The summed E-state index contributed by atoms with van der Waals surface area (Å²) in [5, 5.41) is 0.652. The van der Waals surface area contributed by atoms with Crippen molar-refractivity contribution in [3.63, 3.8) is 0 Å². The zero-order valence-electron chi connectivity index (χ0n) is 12.6. The van der Waals surface area contributed by atoms with Crippen molar-refractivity contribution in [2.24, 2.45) is 5.41 Å². The lowest BCUT2D eigenvalue weighted by atomic mass is 9.93. The third kappa shape index (κ3) is 4.03. The van der Waals surface area contributed by atoms with E-state index >= 15 is 0 Å². The SMILES string of the molecule is CC(C)(C)CCOc1cc(C(F)(F)F)nc2c(Cl)cccc12. The number of hydrogen-bond donors (Lipinski definition) is 0. The predicted octanol–water partition coefficient (Wildman–Crippen LogP) is 5.72. The zero-order valence-corrected chi connectivity index (χ0v) is 13.3. The molecule has 6 heteroatoms. The van der Waals surface area contributed by atoms with E-state index in [0.717, 1.165) is 12.5 Å². The van der Waals surface area contributed by atoms with Crippen molar-refractivity contribution < 1.29 is 17.9 Å². The van der Waals surface area contributed by atoms with Gasteiger partial charge in [-0.3, -0.25) is 0 Å². The van der Waals surface area contributed by atoms with Crippen LogP contribution in [0.3, 0.4) is 0 Å². The maximum absolute atomic E-state index is 13.0. The summed E-state index contributed by atoms with van der Waals surface area (Å²) in [6, 6.07) is 5.76. The Labute approximate surface area is 132 Å². The smallest absolute Gasteiger partial charge is 0.433 e. The predicted molar refractivity (Wildman–Crippen MR) is 81.3 cm³/mol. The summed E-state index contributed by atoms with van der Waals surface area (Å²) in [4.78, 5) is 3.63. The summed E-state index contributed by atoms with van der Waals surface area (Å²) < 4.78 is 44.5. The number of halogens is 4. The number of rotatable bonds is 3. The highest BCUT2D eigenvalue weighted by Gasteiger charge is 2.34. The molecular weight excluding hydrogens is 315 g/mol. The third-order valence-electron chi connectivity index (χ3n) is 3.15. The Balaban J connectivity index is 2.44. The van der Waals surface area contributed by atoms with Crippen LogP contribution in [0.25, 0.3) is 10.9 Å². The summed E-state index contributed by atoms with van der Waals surface area (Å²) in [6.07, 6.45) is -3.83. The van der Waals surface area contributed by atoms with Crippen LogP contribution in [0.15, 0.2) is 24.3 Å². The molecular formula is C16H17ClF3NO. The molecule has 0 fully saturated rings. The molecule has 1 aromatic carbocycles. The van der Waals surface area contributed by atoms with Crippen LogP contribution in [0.2, 0.25) is 5.02 Å². The number of nitrogens with zero attached hydrogens (tertiary/aromatic N) is 1. The molecule has 0 saturated heterocycles. The van der Waals surface area contributed by atoms with Gasteiger partial charge in [-0.15, -0.1) is 0 Å². The molecule has 120 valence electrons. The van der Waals surface area contributed by atoms with E-state index in [1.165, 1.54) is 6.07 Å². The van der Waals surface area contributed by atoms with Gasteiger partial charge in [-0.1, -0.05) is 38.4 Å². The molecule has 0 atom stereocenters. The van der Waals surface area contributed by atoms with Crippen molar-refractivity contribution in [1.82, 2.24) is 4.98 Å². The summed E-state index contributed by atoms with van der Waals surface area (Å²) in [7, 11) is 0. The summed E-state index contributed by atoms with van der Waals surface area (Å²) in [5.74, 6) is 0.157. The molecule has 2 nitrogen and oxygen atoms in total. The average Bonchev–Trinajstić information content (AvgIpc) is 2.36. The van der Waals surface area contributed by atoms with Crippen LogP contribution >= 0.6 is 11.6 Å². The molecule has 1 aromatic heterocycles. The van der Waals surface area contributed by atoms with Crippen molar-refractivity contribution in [2.75, 3.05) is 6.61 Å². The summed E-state index contributed by atoms with van der Waals surface area (Å²) >= 11 is 5.97. The second-order valence-electron chi connectivity index (χ2n) is 6.30. The molecule has 0 aliphatic carbocycles. The van der Waals surface area contributed by atoms with Crippen molar-refractivity contribution >= 4 is 22.5 Å². The zero-order chi connectivity index (χ0) is 16.5. The van der Waals surface area contributed by atoms with Crippen molar-refractivity contribution in [3.8, 4) is 5.75 Å². The minimum absolute atomic E-state index is 0.0351. The number of para-hydroxylation sites is 1. The molecule has 0 saturated carbocycles. The standard InChI is InChI=1S/C16H17ClF3NO/c1-15(2,3)7-8-22-12-9-13(16(18,19)20)21-14-10(12)5-4-6-11(14)17/h4-6,9H,7-8H2,1-3H3. The lowest BCUT2D eigenvalue weighted by Crippen LogP contribution is -2.13. The van der Waals surface area contributed by atoms with Crippen LogP contribution in [0, 0.1) is 5.41 Å². The second-order valence-corrected chi connectivity index (χ2v) is 6.71. The number of pyridine rings is 1. The number of ether oxygens (including phenoxy) is 1. The van der Waals surface area contributed by atoms with Crippen LogP contribution in [0.5, 0.6) is 5.75 Å². The van der Waals surface area contributed by atoms with Crippen molar-refractivity contribution in [3.05, 3.63) is 35.0 Å². The number of alkyl halides is 3. The van der Waals surface area contributed by atoms with Crippen LogP contribution in [0.4, 0.5) is 13.2 Å². The highest BCUT2D eigenvalue weighted by Crippen LogP contribution is 2.36. The second kappa shape index (κ2) is 5.95. The van der Waals surface area contributed by atoms with E-state index in [9.17, 15) is 13.2 Å². The Bertz CT molecular complexity index is 677. The molecule has 2 aromatic rings. The lowest BCUT2D eigenvalue weighted by molar-refractivity contribution is -0.141. The first-order chi connectivity index (χ1) is 10.1. The van der Waals surface area contributed by atoms with Crippen LogP contribution in [-0.4, -0.2) is 11.6 Å². The Morgan fingerprint density at radius 3 is 2.45 bits per heavy atom. The van der Waals surface area contributed by atoms with Gasteiger partial charge in [0.05, 0.1) is 17.1 Å². The number of benzene rings is 1. The van der Waals surface area contributed by atoms with Crippen molar-refractivity contribution in [2.45, 2.75) is 33.4 Å². The van der Waals surface area contributed by atoms with Gasteiger partial charge in [-0.25, -0.2) is 4.98 Å². The molecule has 0 unspecified atom stereocenters. The molecule has 0 bridgehead atoms. The van der Waals surface area contributed by atoms with Gasteiger partial charge in [-0.05, 0) is 24.0 Å². The molecule has 0 spiro atoms. The molecule has 0 radical (unpaired) electrons. The van der Waals surface area contributed by atoms with E-state index in [1.54, 1.807) is 12.1 Å². The molecule has 0 aliphatic heterocycles. The fourth-order valence-corrected chi connectivity index (χ4v) is 2.13. The Morgan fingerprint density at radius 2 is 1.86 bits per heavy atom. The van der Waals surface area contributed by atoms with Crippen LogP contribution in [-0.2, 0) is 6.18 Å². The van der Waals surface area contributed by atoms with E-state index in [2.05, 4.69) is 4.98 Å². The maximum atomic E-state index is 13.0. The van der Waals surface area contributed by atoms with Gasteiger partial charge < -0.3 is 4.74 Å². The van der Waals surface area contributed by atoms with E-state index in [-0.39, 0.29) is 21.7 Å². The lowest BCUT2D eigenvalue weighted by Gasteiger charge is -2.19. The van der Waals surface area contributed by atoms with E-state index in [1.807, 2.05) is 20.8 Å². The molecule has 0 N–H and O–H groups in total. The Morgan fingerprint density at radius 1 is 1.18 bits per heavy atom. The topological polar surface area (TPSA) is 22.1 Å². The first kappa shape index (κ1) is 16.9. The minimum Gasteiger partial charge on any atom is -0.493 e. The maximum Gasteiger partial charge on any atom is 0.433 e. The van der Waals surface area contributed by atoms with Crippen LogP contribution in [0.1, 0.15) is 32.9 Å². The fourth-order valence-electron chi connectivity index (χ4n) is 1.91. The Kier molecular flexibility index (Phi) is 4.57. The summed E-state index contributed by atoms with van der Waals surface area (Å²) in [5.41, 5.74) is -0.864. The molecule has 2 rings (SSSR count). The number of hydrogen-bond acceptors (Lipinski definition) is 2. The van der Waals surface area contributed by atoms with Gasteiger partial charge >= 0.3 is 6.18 Å².